The fraction of sp³-hybridized carbons (Fsp3) is 0.667. The molecule has 0 heterocycles. The maximum Gasteiger partial charge on any atom is 0.139 e. The molecule has 2 aliphatic carbocycles. The third-order valence-electron chi connectivity index (χ3n) is 2.80. The molecule has 0 aromatic rings. The molecule has 2 rings (SSSR count). The average Bonchev–Trinajstić information content (AvgIpc) is 2.30. The first kappa shape index (κ1) is 7.04. The second kappa shape index (κ2) is 2.45. The summed E-state index contributed by atoms with van der Waals surface area (Å²) < 4.78 is 0. The van der Waals surface area contributed by atoms with Crippen LogP contribution in [-0.4, -0.2) is 17.0 Å². The summed E-state index contributed by atoms with van der Waals surface area (Å²) in [6, 6.07) is 0. The maximum atomic E-state index is 11.2. The number of hydrogen-bond acceptors (Lipinski definition) is 2. The molecular formula is C9H12O2. The molecule has 1 saturated carbocycles. The van der Waals surface area contributed by atoms with E-state index in [1.807, 2.05) is 0 Å². The number of allylic oxidation sites excluding steroid dienone is 2. The average molecular weight is 152 g/mol. The van der Waals surface area contributed by atoms with Crippen molar-refractivity contribution in [2.24, 2.45) is 11.8 Å². The van der Waals surface area contributed by atoms with E-state index in [9.17, 15) is 9.90 Å². The van der Waals surface area contributed by atoms with Gasteiger partial charge in [0.2, 0.25) is 0 Å². The SMILES string of the molecule is O=C1CC(O)C2CC=CCC12. The molecule has 3 unspecified atom stereocenters. The summed E-state index contributed by atoms with van der Waals surface area (Å²) in [5.41, 5.74) is 0. The van der Waals surface area contributed by atoms with Crippen molar-refractivity contribution in [2.75, 3.05) is 0 Å². The van der Waals surface area contributed by atoms with Crippen molar-refractivity contribution >= 4 is 5.78 Å². The Balaban J connectivity index is 2.21. The van der Waals surface area contributed by atoms with Gasteiger partial charge in [-0.1, -0.05) is 12.2 Å². The molecule has 3 atom stereocenters. The van der Waals surface area contributed by atoms with Gasteiger partial charge in [0.1, 0.15) is 5.78 Å². The quantitative estimate of drug-likeness (QED) is 0.524. The van der Waals surface area contributed by atoms with Crippen LogP contribution in [-0.2, 0) is 4.79 Å². The molecule has 2 heteroatoms. The van der Waals surface area contributed by atoms with E-state index in [4.69, 9.17) is 0 Å². The minimum absolute atomic E-state index is 0.134. The normalized spacial score (nSPS) is 42.6. The Kier molecular flexibility index (Phi) is 1.57. The van der Waals surface area contributed by atoms with Gasteiger partial charge in [-0.2, -0.15) is 0 Å². The van der Waals surface area contributed by atoms with Crippen molar-refractivity contribution in [3.8, 4) is 0 Å². The fourth-order valence-corrected chi connectivity index (χ4v) is 2.14. The second-order valence-electron chi connectivity index (χ2n) is 3.45. The number of carbonyl (C=O) groups is 1. The summed E-state index contributed by atoms with van der Waals surface area (Å²) in [6.45, 7) is 0. The van der Waals surface area contributed by atoms with E-state index in [0.717, 1.165) is 12.8 Å². The molecule has 11 heavy (non-hydrogen) atoms. The number of aliphatic hydroxyl groups is 1. The molecule has 0 aliphatic heterocycles. The summed E-state index contributed by atoms with van der Waals surface area (Å²) in [4.78, 5) is 11.2. The first-order valence-electron chi connectivity index (χ1n) is 4.15. The van der Waals surface area contributed by atoms with Crippen LogP contribution >= 0.6 is 0 Å². The monoisotopic (exact) mass is 152 g/mol. The molecule has 2 nitrogen and oxygen atoms in total. The smallest absolute Gasteiger partial charge is 0.139 e. The Hall–Kier alpha value is -0.630. The van der Waals surface area contributed by atoms with Gasteiger partial charge in [0, 0.05) is 12.3 Å². The van der Waals surface area contributed by atoms with Crippen molar-refractivity contribution in [2.45, 2.75) is 25.4 Å². The van der Waals surface area contributed by atoms with E-state index >= 15 is 0 Å². The van der Waals surface area contributed by atoms with Crippen LogP contribution in [0, 0.1) is 11.8 Å². The van der Waals surface area contributed by atoms with E-state index in [2.05, 4.69) is 12.2 Å². The lowest BCUT2D eigenvalue weighted by atomic mass is 9.85. The molecule has 1 fully saturated rings. The number of aliphatic hydroxyl groups excluding tert-OH is 1. The lowest BCUT2D eigenvalue weighted by molar-refractivity contribution is -0.121. The van der Waals surface area contributed by atoms with Gasteiger partial charge >= 0.3 is 0 Å². The molecule has 0 aromatic carbocycles. The Morgan fingerprint density at radius 2 is 2.09 bits per heavy atom. The number of fused-ring (bicyclic) bond motifs is 1. The molecule has 2 aliphatic rings. The molecule has 0 spiro atoms. The van der Waals surface area contributed by atoms with Crippen LogP contribution in [0.4, 0.5) is 0 Å². The zero-order chi connectivity index (χ0) is 7.84. The van der Waals surface area contributed by atoms with Crippen LogP contribution in [0.2, 0.25) is 0 Å². The number of Topliss-reactive ketones (excluding diaryl/α,β-unsaturated/α-hetero) is 1. The van der Waals surface area contributed by atoms with Crippen molar-refractivity contribution in [1.82, 2.24) is 0 Å². The Bertz CT molecular complexity index is 208. The highest BCUT2D eigenvalue weighted by Crippen LogP contribution is 2.37. The van der Waals surface area contributed by atoms with Gasteiger partial charge in [0.25, 0.3) is 0 Å². The van der Waals surface area contributed by atoms with Crippen LogP contribution in [0.3, 0.4) is 0 Å². The molecule has 60 valence electrons. The lowest BCUT2D eigenvalue weighted by Gasteiger charge is -2.21. The first-order chi connectivity index (χ1) is 5.29. The predicted molar refractivity (Wildman–Crippen MR) is 41.0 cm³/mol. The Morgan fingerprint density at radius 1 is 1.36 bits per heavy atom. The summed E-state index contributed by atoms with van der Waals surface area (Å²) in [5.74, 6) is 0.620. The summed E-state index contributed by atoms with van der Waals surface area (Å²) in [5, 5.41) is 9.44. The van der Waals surface area contributed by atoms with Gasteiger partial charge in [0.15, 0.2) is 0 Å². The fourth-order valence-electron chi connectivity index (χ4n) is 2.14. The third kappa shape index (κ3) is 1.02. The highest BCUT2D eigenvalue weighted by atomic mass is 16.3. The number of rotatable bonds is 0. The van der Waals surface area contributed by atoms with Crippen molar-refractivity contribution in [3.05, 3.63) is 12.2 Å². The van der Waals surface area contributed by atoms with Crippen molar-refractivity contribution in [3.63, 3.8) is 0 Å². The van der Waals surface area contributed by atoms with Crippen LogP contribution in [0.25, 0.3) is 0 Å². The zero-order valence-corrected chi connectivity index (χ0v) is 6.36. The molecule has 0 aromatic heterocycles. The van der Waals surface area contributed by atoms with E-state index in [1.54, 1.807) is 0 Å². The topological polar surface area (TPSA) is 37.3 Å². The van der Waals surface area contributed by atoms with Crippen LogP contribution in [0.1, 0.15) is 19.3 Å². The second-order valence-corrected chi connectivity index (χ2v) is 3.45. The van der Waals surface area contributed by atoms with E-state index in [-0.39, 0.29) is 23.7 Å². The Morgan fingerprint density at radius 3 is 2.82 bits per heavy atom. The minimum atomic E-state index is -0.363. The van der Waals surface area contributed by atoms with E-state index in [1.165, 1.54) is 0 Å². The number of hydrogen-bond donors (Lipinski definition) is 1. The summed E-state index contributed by atoms with van der Waals surface area (Å²) in [6.07, 6.45) is 5.88. The van der Waals surface area contributed by atoms with E-state index < -0.39 is 0 Å². The molecule has 0 bridgehead atoms. The molecule has 1 N–H and O–H groups in total. The van der Waals surface area contributed by atoms with Crippen molar-refractivity contribution in [1.29, 1.82) is 0 Å². The van der Waals surface area contributed by atoms with Gasteiger partial charge < -0.3 is 5.11 Å². The van der Waals surface area contributed by atoms with Gasteiger partial charge in [-0.05, 0) is 18.8 Å². The largest absolute Gasteiger partial charge is 0.392 e. The first-order valence-corrected chi connectivity index (χ1v) is 4.15. The summed E-state index contributed by atoms with van der Waals surface area (Å²) >= 11 is 0. The van der Waals surface area contributed by atoms with Crippen LogP contribution in [0.15, 0.2) is 12.2 Å². The highest BCUT2D eigenvalue weighted by Gasteiger charge is 2.40. The van der Waals surface area contributed by atoms with Crippen LogP contribution < -0.4 is 0 Å². The van der Waals surface area contributed by atoms with Gasteiger partial charge in [-0.25, -0.2) is 0 Å². The minimum Gasteiger partial charge on any atom is -0.392 e. The lowest BCUT2D eigenvalue weighted by Crippen LogP contribution is -2.21. The molecular weight excluding hydrogens is 140 g/mol. The molecule has 0 amide bonds. The van der Waals surface area contributed by atoms with E-state index in [0.29, 0.717) is 6.42 Å². The van der Waals surface area contributed by atoms with Crippen LogP contribution in [0.5, 0.6) is 0 Å². The molecule has 0 saturated heterocycles. The highest BCUT2D eigenvalue weighted by molar-refractivity contribution is 5.84. The molecule has 0 radical (unpaired) electrons. The predicted octanol–water partition coefficient (Wildman–Crippen LogP) is 0.903. The van der Waals surface area contributed by atoms with Gasteiger partial charge in [0.05, 0.1) is 6.10 Å². The van der Waals surface area contributed by atoms with Gasteiger partial charge in [-0.15, -0.1) is 0 Å². The number of ketones is 1. The standard InChI is InChI=1S/C9H12O2/c10-8-5-9(11)7-4-2-1-3-6(7)8/h1-2,6-8,10H,3-5H2. The number of carbonyl (C=O) groups excluding carboxylic acids is 1. The zero-order valence-electron chi connectivity index (χ0n) is 6.36. The summed E-state index contributed by atoms with van der Waals surface area (Å²) in [7, 11) is 0. The van der Waals surface area contributed by atoms with Crippen molar-refractivity contribution < 1.29 is 9.90 Å². The maximum absolute atomic E-state index is 11.2. The van der Waals surface area contributed by atoms with Gasteiger partial charge in [-0.3, -0.25) is 4.79 Å². The Labute approximate surface area is 65.9 Å². The third-order valence-corrected chi connectivity index (χ3v) is 2.80.